The lowest BCUT2D eigenvalue weighted by molar-refractivity contribution is -0.0257. The molecule has 4 nitrogen and oxygen atoms in total. The second-order valence-corrected chi connectivity index (χ2v) is 5.73. The Kier molecular flexibility index (Phi) is 7.75. The number of benzene rings is 1. The second-order valence-electron chi connectivity index (χ2n) is 5.73. The van der Waals surface area contributed by atoms with Gasteiger partial charge in [0, 0.05) is 6.61 Å². The van der Waals surface area contributed by atoms with E-state index in [2.05, 4.69) is 5.32 Å². The van der Waals surface area contributed by atoms with E-state index in [1.807, 2.05) is 30.3 Å². The largest absolute Gasteiger partial charge is 0.388 e. The maximum Gasteiger partial charge on any atom is 0.101 e. The molecule has 1 aromatic rings. The van der Waals surface area contributed by atoms with Crippen LogP contribution >= 0.6 is 0 Å². The molecule has 1 heterocycles. The van der Waals surface area contributed by atoms with E-state index in [9.17, 15) is 5.11 Å². The van der Waals surface area contributed by atoms with Gasteiger partial charge in [0.05, 0.1) is 19.8 Å². The predicted molar refractivity (Wildman–Crippen MR) is 83.1 cm³/mol. The van der Waals surface area contributed by atoms with Gasteiger partial charge >= 0.3 is 0 Å². The summed E-state index contributed by atoms with van der Waals surface area (Å²) in [7, 11) is 0. The molecule has 4 heteroatoms. The topological polar surface area (TPSA) is 50.7 Å². The Bertz CT molecular complexity index is 366. The molecule has 0 bridgehead atoms. The molecule has 0 radical (unpaired) electrons. The van der Waals surface area contributed by atoms with Crippen LogP contribution in [0.25, 0.3) is 0 Å². The van der Waals surface area contributed by atoms with Crippen molar-refractivity contribution in [1.82, 2.24) is 5.32 Å². The summed E-state index contributed by atoms with van der Waals surface area (Å²) in [4.78, 5) is 0. The third-order valence-corrected chi connectivity index (χ3v) is 3.80. The summed E-state index contributed by atoms with van der Waals surface area (Å²) >= 11 is 0. The maximum absolute atomic E-state index is 9.80. The number of hydrogen-bond donors (Lipinski definition) is 2. The molecule has 1 aliphatic heterocycles. The number of ether oxygens (including phenoxy) is 2. The molecule has 2 atom stereocenters. The van der Waals surface area contributed by atoms with E-state index in [4.69, 9.17) is 9.47 Å². The van der Waals surface area contributed by atoms with E-state index in [0.717, 1.165) is 37.6 Å². The molecule has 2 unspecified atom stereocenters. The van der Waals surface area contributed by atoms with Crippen molar-refractivity contribution in [3.63, 3.8) is 0 Å². The van der Waals surface area contributed by atoms with E-state index < -0.39 is 6.10 Å². The standard InChI is InChI=1S/C17H27NO3/c19-17(14-21-12-16-5-2-1-3-6-16)13-20-10-8-15-7-4-9-18-11-15/h1-3,5-6,15,17-19H,4,7-14H2. The van der Waals surface area contributed by atoms with Crippen LogP contribution in [0.5, 0.6) is 0 Å². The molecular weight excluding hydrogens is 266 g/mol. The quantitative estimate of drug-likeness (QED) is 0.684. The van der Waals surface area contributed by atoms with Crippen molar-refractivity contribution in [1.29, 1.82) is 0 Å². The highest BCUT2D eigenvalue weighted by Gasteiger charge is 2.12. The van der Waals surface area contributed by atoms with Crippen LogP contribution in [0.4, 0.5) is 0 Å². The van der Waals surface area contributed by atoms with Crippen LogP contribution in [0, 0.1) is 5.92 Å². The minimum Gasteiger partial charge on any atom is -0.388 e. The normalized spacial score (nSPS) is 20.3. The smallest absolute Gasteiger partial charge is 0.101 e. The number of aliphatic hydroxyl groups excluding tert-OH is 1. The van der Waals surface area contributed by atoms with Gasteiger partial charge < -0.3 is 19.9 Å². The number of aliphatic hydroxyl groups is 1. The molecule has 118 valence electrons. The summed E-state index contributed by atoms with van der Waals surface area (Å²) in [6.07, 6.45) is 3.09. The van der Waals surface area contributed by atoms with Gasteiger partial charge in [0.15, 0.2) is 0 Å². The van der Waals surface area contributed by atoms with E-state index in [-0.39, 0.29) is 0 Å². The van der Waals surface area contributed by atoms with Crippen LogP contribution in [0.1, 0.15) is 24.8 Å². The molecule has 0 amide bonds. The fourth-order valence-corrected chi connectivity index (χ4v) is 2.57. The molecule has 2 rings (SSSR count). The molecule has 1 saturated heterocycles. The first-order valence-electron chi connectivity index (χ1n) is 7.93. The lowest BCUT2D eigenvalue weighted by Crippen LogP contribution is -2.30. The van der Waals surface area contributed by atoms with Gasteiger partial charge in [0.2, 0.25) is 0 Å². The SMILES string of the molecule is OC(COCCC1CCCNC1)COCc1ccccc1. The fraction of sp³-hybridized carbons (Fsp3) is 0.647. The summed E-state index contributed by atoms with van der Waals surface area (Å²) < 4.78 is 11.0. The van der Waals surface area contributed by atoms with Gasteiger partial charge in [-0.05, 0) is 43.8 Å². The van der Waals surface area contributed by atoms with Crippen molar-refractivity contribution in [3.05, 3.63) is 35.9 Å². The van der Waals surface area contributed by atoms with Crippen molar-refractivity contribution < 1.29 is 14.6 Å². The first-order valence-corrected chi connectivity index (χ1v) is 7.93. The van der Waals surface area contributed by atoms with Gasteiger partial charge in [-0.2, -0.15) is 0 Å². The number of nitrogens with one attached hydrogen (secondary N) is 1. The Morgan fingerprint density at radius 3 is 2.76 bits per heavy atom. The highest BCUT2D eigenvalue weighted by Crippen LogP contribution is 2.13. The molecule has 0 aliphatic carbocycles. The Morgan fingerprint density at radius 1 is 1.19 bits per heavy atom. The molecule has 0 saturated carbocycles. The predicted octanol–water partition coefficient (Wildman–Crippen LogP) is 1.97. The van der Waals surface area contributed by atoms with Crippen LogP contribution in [0.15, 0.2) is 30.3 Å². The lowest BCUT2D eigenvalue weighted by Gasteiger charge is -2.22. The van der Waals surface area contributed by atoms with E-state index in [1.54, 1.807) is 0 Å². The zero-order valence-electron chi connectivity index (χ0n) is 12.7. The van der Waals surface area contributed by atoms with E-state index >= 15 is 0 Å². The van der Waals surface area contributed by atoms with Crippen molar-refractivity contribution in [2.24, 2.45) is 5.92 Å². The highest BCUT2D eigenvalue weighted by atomic mass is 16.5. The van der Waals surface area contributed by atoms with Crippen LogP contribution in [-0.2, 0) is 16.1 Å². The second kappa shape index (κ2) is 9.90. The zero-order valence-corrected chi connectivity index (χ0v) is 12.7. The van der Waals surface area contributed by atoms with Crippen LogP contribution in [0.2, 0.25) is 0 Å². The lowest BCUT2D eigenvalue weighted by atomic mass is 9.97. The van der Waals surface area contributed by atoms with Crippen molar-refractivity contribution in [2.75, 3.05) is 32.9 Å². The van der Waals surface area contributed by atoms with Gasteiger partial charge in [0.1, 0.15) is 6.10 Å². The minimum absolute atomic E-state index is 0.319. The average Bonchev–Trinajstić information content (AvgIpc) is 2.54. The molecule has 2 N–H and O–H groups in total. The van der Waals surface area contributed by atoms with E-state index in [0.29, 0.717) is 19.8 Å². The number of piperidine rings is 1. The molecule has 1 fully saturated rings. The molecule has 21 heavy (non-hydrogen) atoms. The maximum atomic E-state index is 9.80. The van der Waals surface area contributed by atoms with Gasteiger partial charge in [-0.25, -0.2) is 0 Å². The summed E-state index contributed by atoms with van der Waals surface area (Å²) in [6.45, 7) is 4.18. The van der Waals surface area contributed by atoms with Gasteiger partial charge in [-0.15, -0.1) is 0 Å². The number of hydrogen-bond acceptors (Lipinski definition) is 4. The highest BCUT2D eigenvalue weighted by molar-refractivity contribution is 5.13. The summed E-state index contributed by atoms with van der Waals surface area (Å²) in [5, 5.41) is 13.2. The fourth-order valence-electron chi connectivity index (χ4n) is 2.57. The summed E-state index contributed by atoms with van der Waals surface area (Å²) in [5.74, 6) is 0.727. The van der Waals surface area contributed by atoms with Crippen molar-refractivity contribution >= 4 is 0 Å². The number of rotatable bonds is 9. The molecule has 1 aliphatic rings. The van der Waals surface area contributed by atoms with Crippen LogP contribution in [-0.4, -0.2) is 44.1 Å². The average molecular weight is 293 g/mol. The van der Waals surface area contributed by atoms with Gasteiger partial charge in [-0.3, -0.25) is 0 Å². The van der Waals surface area contributed by atoms with Gasteiger partial charge in [0.25, 0.3) is 0 Å². The summed E-state index contributed by atoms with van der Waals surface area (Å²) in [6, 6.07) is 9.98. The van der Waals surface area contributed by atoms with Crippen LogP contribution in [0.3, 0.4) is 0 Å². The van der Waals surface area contributed by atoms with Crippen molar-refractivity contribution in [3.8, 4) is 0 Å². The first kappa shape index (κ1) is 16.4. The zero-order chi connectivity index (χ0) is 14.8. The van der Waals surface area contributed by atoms with E-state index in [1.165, 1.54) is 12.8 Å². The first-order chi connectivity index (χ1) is 10.3. The minimum atomic E-state index is -0.543. The van der Waals surface area contributed by atoms with Gasteiger partial charge in [-0.1, -0.05) is 30.3 Å². The molecule has 1 aromatic carbocycles. The Balaban J connectivity index is 1.46. The summed E-state index contributed by atoms with van der Waals surface area (Å²) in [5.41, 5.74) is 1.12. The monoisotopic (exact) mass is 293 g/mol. The third kappa shape index (κ3) is 7.05. The van der Waals surface area contributed by atoms with Crippen molar-refractivity contribution in [2.45, 2.75) is 32.0 Å². The Hall–Kier alpha value is -0.940. The third-order valence-electron chi connectivity index (χ3n) is 3.80. The Morgan fingerprint density at radius 2 is 2.00 bits per heavy atom. The molecular formula is C17H27NO3. The molecule has 0 aromatic heterocycles. The molecule has 0 spiro atoms. The Labute approximate surface area is 127 Å². The van der Waals surface area contributed by atoms with Crippen LogP contribution < -0.4 is 5.32 Å².